The van der Waals surface area contributed by atoms with Crippen LogP contribution in [0.25, 0.3) is 0 Å². The molecular weight excluding hydrogens is 325 g/mol. The second kappa shape index (κ2) is 6.06. The Morgan fingerprint density at radius 1 is 1.00 bits per heavy atom. The molecule has 0 saturated heterocycles. The first-order chi connectivity index (χ1) is 8.97. The Bertz CT molecular complexity index is 646. The molecule has 2 rings (SSSR count). The molecule has 0 aliphatic heterocycles. The number of hydrogen-bond donors (Lipinski definition) is 2. The van der Waals surface area contributed by atoms with E-state index in [1.807, 2.05) is 0 Å². The van der Waals surface area contributed by atoms with Crippen LogP contribution in [-0.2, 0) is 0 Å². The topological polar surface area (TPSA) is 29.1 Å². The number of carbonyl (C=O) groups is 1. The second-order valence-electron chi connectivity index (χ2n) is 3.75. The van der Waals surface area contributed by atoms with Gasteiger partial charge in [0.15, 0.2) is 0 Å². The predicted molar refractivity (Wildman–Crippen MR) is 83.1 cm³/mol. The number of amides is 1. The second-order valence-corrected chi connectivity index (χ2v) is 5.49. The zero-order valence-corrected chi connectivity index (χ0v) is 12.6. The van der Waals surface area contributed by atoms with Gasteiger partial charge in [0.25, 0.3) is 5.91 Å². The van der Waals surface area contributed by atoms with Crippen molar-refractivity contribution in [3.63, 3.8) is 0 Å². The minimum absolute atomic E-state index is 0.295. The fraction of sp³-hybridized carbons (Fsp3) is 0. The van der Waals surface area contributed by atoms with Crippen LogP contribution in [-0.4, -0.2) is 5.91 Å². The van der Waals surface area contributed by atoms with E-state index in [-0.39, 0.29) is 5.91 Å². The third kappa shape index (κ3) is 3.57. The van der Waals surface area contributed by atoms with E-state index in [4.69, 9.17) is 34.8 Å². The van der Waals surface area contributed by atoms with Crippen molar-refractivity contribution in [2.75, 3.05) is 5.32 Å². The molecule has 6 heteroatoms. The molecule has 98 valence electrons. The molecule has 1 amide bonds. The summed E-state index contributed by atoms with van der Waals surface area (Å²) in [7, 11) is 0. The number of hydrogen-bond acceptors (Lipinski definition) is 2. The third-order valence-electron chi connectivity index (χ3n) is 2.37. The van der Waals surface area contributed by atoms with Gasteiger partial charge < -0.3 is 5.32 Å². The highest BCUT2D eigenvalue weighted by molar-refractivity contribution is 7.80. The van der Waals surface area contributed by atoms with Gasteiger partial charge >= 0.3 is 0 Å². The van der Waals surface area contributed by atoms with Gasteiger partial charge in [-0.2, -0.15) is 0 Å². The first kappa shape index (κ1) is 14.5. The molecule has 0 unspecified atom stereocenters. The minimum Gasteiger partial charge on any atom is -0.321 e. The maximum atomic E-state index is 12.0. The first-order valence-corrected chi connectivity index (χ1v) is 6.80. The van der Waals surface area contributed by atoms with Gasteiger partial charge in [0, 0.05) is 10.5 Å². The molecule has 2 nitrogen and oxygen atoms in total. The Balaban J connectivity index is 2.27. The van der Waals surface area contributed by atoms with Crippen LogP contribution in [0.1, 0.15) is 10.4 Å². The van der Waals surface area contributed by atoms with Gasteiger partial charge in [0.2, 0.25) is 0 Å². The maximum Gasteiger partial charge on any atom is 0.255 e. The summed E-state index contributed by atoms with van der Waals surface area (Å²) in [4.78, 5) is 12.7. The van der Waals surface area contributed by atoms with E-state index in [2.05, 4.69) is 17.9 Å². The monoisotopic (exact) mass is 331 g/mol. The molecule has 2 aromatic rings. The van der Waals surface area contributed by atoms with Crippen LogP contribution >= 0.6 is 47.4 Å². The zero-order valence-electron chi connectivity index (χ0n) is 9.45. The van der Waals surface area contributed by atoms with E-state index < -0.39 is 0 Å². The van der Waals surface area contributed by atoms with E-state index in [9.17, 15) is 4.79 Å². The highest BCUT2D eigenvalue weighted by Crippen LogP contribution is 2.32. The Morgan fingerprint density at radius 3 is 2.37 bits per heavy atom. The lowest BCUT2D eigenvalue weighted by molar-refractivity contribution is 0.102. The summed E-state index contributed by atoms with van der Waals surface area (Å²) in [5, 5.41) is 3.66. The van der Waals surface area contributed by atoms with Gasteiger partial charge in [-0.05, 0) is 30.3 Å². The van der Waals surface area contributed by atoms with E-state index in [0.717, 1.165) is 0 Å². The molecule has 0 aliphatic rings. The fourth-order valence-electron chi connectivity index (χ4n) is 1.46. The van der Waals surface area contributed by atoms with E-state index >= 15 is 0 Å². The van der Waals surface area contributed by atoms with Gasteiger partial charge in [-0.25, -0.2) is 0 Å². The number of carbonyl (C=O) groups excluding carboxylic acids is 1. The van der Waals surface area contributed by atoms with Crippen LogP contribution in [0, 0.1) is 0 Å². The number of nitrogens with one attached hydrogen (secondary N) is 1. The van der Waals surface area contributed by atoms with E-state index in [0.29, 0.717) is 31.2 Å². The van der Waals surface area contributed by atoms with Crippen molar-refractivity contribution >= 4 is 59.0 Å². The smallest absolute Gasteiger partial charge is 0.255 e. The quantitative estimate of drug-likeness (QED) is 0.575. The summed E-state index contributed by atoms with van der Waals surface area (Å²) in [6, 6.07) is 9.86. The highest BCUT2D eigenvalue weighted by atomic mass is 35.5. The van der Waals surface area contributed by atoms with Crippen molar-refractivity contribution in [3.05, 3.63) is 57.0 Å². The molecule has 0 aliphatic carbocycles. The molecule has 0 bridgehead atoms. The molecule has 0 spiro atoms. The van der Waals surface area contributed by atoms with E-state index in [1.54, 1.807) is 24.3 Å². The number of rotatable bonds is 2. The van der Waals surface area contributed by atoms with Gasteiger partial charge in [-0.1, -0.05) is 40.9 Å². The molecule has 0 atom stereocenters. The molecule has 0 heterocycles. The van der Waals surface area contributed by atoms with Crippen LogP contribution < -0.4 is 5.32 Å². The Labute approximate surface area is 131 Å². The fourth-order valence-corrected chi connectivity index (χ4v) is 2.28. The minimum atomic E-state index is -0.295. The molecule has 1 N–H and O–H groups in total. The molecule has 0 aromatic heterocycles. The Hall–Kier alpha value is -0.870. The molecule has 0 radical (unpaired) electrons. The van der Waals surface area contributed by atoms with Crippen LogP contribution in [0.5, 0.6) is 0 Å². The van der Waals surface area contributed by atoms with Crippen LogP contribution in [0.4, 0.5) is 5.69 Å². The van der Waals surface area contributed by atoms with Crippen LogP contribution in [0.2, 0.25) is 15.1 Å². The standard InChI is InChI=1S/C13H8Cl3NOS/c14-9-5-11(16)12(6-10(9)15)17-13(18)7-2-1-3-8(19)4-7/h1-6,19H,(H,17,18). The van der Waals surface area contributed by atoms with Crippen LogP contribution in [0.15, 0.2) is 41.3 Å². The van der Waals surface area contributed by atoms with Crippen molar-refractivity contribution in [2.24, 2.45) is 0 Å². The van der Waals surface area contributed by atoms with Crippen molar-refractivity contribution in [3.8, 4) is 0 Å². The number of benzene rings is 2. The van der Waals surface area contributed by atoms with Gasteiger partial charge in [-0.3, -0.25) is 4.79 Å². The first-order valence-electron chi connectivity index (χ1n) is 5.22. The zero-order chi connectivity index (χ0) is 14.0. The van der Waals surface area contributed by atoms with Gasteiger partial charge in [0.1, 0.15) is 0 Å². The number of halogens is 3. The largest absolute Gasteiger partial charge is 0.321 e. The summed E-state index contributed by atoms with van der Waals surface area (Å²) >= 11 is 21.9. The van der Waals surface area contributed by atoms with Crippen molar-refractivity contribution in [2.45, 2.75) is 4.90 Å². The summed E-state index contributed by atoms with van der Waals surface area (Å²) in [5.74, 6) is -0.295. The highest BCUT2D eigenvalue weighted by Gasteiger charge is 2.11. The Morgan fingerprint density at radius 2 is 1.68 bits per heavy atom. The predicted octanol–water partition coefficient (Wildman–Crippen LogP) is 5.19. The summed E-state index contributed by atoms with van der Waals surface area (Å²) in [5.41, 5.74) is 0.889. The Kier molecular flexibility index (Phi) is 4.63. The SMILES string of the molecule is O=C(Nc1cc(Cl)c(Cl)cc1Cl)c1cccc(S)c1. The van der Waals surface area contributed by atoms with E-state index in [1.165, 1.54) is 12.1 Å². The molecule has 0 saturated carbocycles. The van der Waals surface area contributed by atoms with Gasteiger partial charge in [-0.15, -0.1) is 12.6 Å². The number of anilines is 1. The molecule has 19 heavy (non-hydrogen) atoms. The van der Waals surface area contributed by atoms with Crippen molar-refractivity contribution in [1.29, 1.82) is 0 Å². The summed E-state index contributed by atoms with van der Waals surface area (Å²) < 4.78 is 0. The summed E-state index contributed by atoms with van der Waals surface area (Å²) in [6.07, 6.45) is 0. The lowest BCUT2D eigenvalue weighted by atomic mass is 10.2. The maximum absolute atomic E-state index is 12.0. The van der Waals surface area contributed by atoms with Crippen molar-refractivity contribution < 1.29 is 4.79 Å². The average molecular weight is 333 g/mol. The van der Waals surface area contributed by atoms with Crippen LogP contribution in [0.3, 0.4) is 0 Å². The number of thiol groups is 1. The molecule has 2 aromatic carbocycles. The average Bonchev–Trinajstić information content (AvgIpc) is 2.36. The third-order valence-corrected chi connectivity index (χ3v) is 3.68. The molecule has 0 fully saturated rings. The lowest BCUT2D eigenvalue weighted by Gasteiger charge is -2.09. The summed E-state index contributed by atoms with van der Waals surface area (Å²) in [6.45, 7) is 0. The molecular formula is C13H8Cl3NOS. The lowest BCUT2D eigenvalue weighted by Crippen LogP contribution is -2.12. The van der Waals surface area contributed by atoms with Gasteiger partial charge in [0.05, 0.1) is 20.8 Å². The van der Waals surface area contributed by atoms with Crippen molar-refractivity contribution in [1.82, 2.24) is 0 Å². The normalized spacial score (nSPS) is 10.3.